The second-order valence-corrected chi connectivity index (χ2v) is 8.36. The number of aryl methyl sites for hydroxylation is 1. The molecule has 3 rings (SSSR count). The zero-order valence-corrected chi connectivity index (χ0v) is 17.9. The van der Waals surface area contributed by atoms with Gasteiger partial charge in [-0.05, 0) is 51.5 Å². The van der Waals surface area contributed by atoms with E-state index in [-0.39, 0.29) is 11.8 Å². The van der Waals surface area contributed by atoms with Crippen molar-refractivity contribution in [3.8, 4) is 5.75 Å². The van der Waals surface area contributed by atoms with Gasteiger partial charge in [0.05, 0.1) is 18.4 Å². The molecule has 1 aliphatic heterocycles. The molecule has 29 heavy (non-hydrogen) atoms. The highest BCUT2D eigenvalue weighted by molar-refractivity contribution is 6.22. The molecule has 2 aromatic rings. The van der Waals surface area contributed by atoms with E-state index in [1.54, 1.807) is 12.0 Å². The minimum Gasteiger partial charge on any atom is -0.497 e. The Morgan fingerprint density at radius 1 is 1.21 bits per heavy atom. The van der Waals surface area contributed by atoms with Crippen LogP contribution in [0.4, 0.5) is 0 Å². The van der Waals surface area contributed by atoms with E-state index in [0.717, 1.165) is 22.6 Å². The molecule has 154 valence electrons. The second kappa shape index (κ2) is 7.78. The Labute approximate surface area is 172 Å². The first-order valence-electron chi connectivity index (χ1n) is 9.74. The highest BCUT2D eigenvalue weighted by Crippen LogP contribution is 2.38. The summed E-state index contributed by atoms with van der Waals surface area (Å²) in [6, 6.07) is 8.79. The number of benzene rings is 1. The van der Waals surface area contributed by atoms with Crippen molar-refractivity contribution in [1.82, 2.24) is 14.8 Å². The second-order valence-electron chi connectivity index (χ2n) is 8.36. The van der Waals surface area contributed by atoms with Gasteiger partial charge in [-0.25, -0.2) is 0 Å². The quantitative estimate of drug-likeness (QED) is 0.807. The minimum absolute atomic E-state index is 0.147. The van der Waals surface area contributed by atoms with E-state index in [0.29, 0.717) is 12.1 Å². The average Bonchev–Trinajstić information content (AvgIpc) is 3.02. The SMILES string of the molecule is C/C=C1\C(=O)N(Cc2ccc(OC)cc2)C(C(=O)NC(C)(C)C)c2ccn(C)c21. The number of methoxy groups -OCH3 is 1. The summed E-state index contributed by atoms with van der Waals surface area (Å²) in [4.78, 5) is 28.3. The topological polar surface area (TPSA) is 63.6 Å². The molecule has 0 aliphatic carbocycles. The van der Waals surface area contributed by atoms with Crippen LogP contribution in [0, 0.1) is 0 Å². The van der Waals surface area contributed by atoms with Crippen LogP contribution in [0.2, 0.25) is 0 Å². The van der Waals surface area contributed by atoms with Crippen molar-refractivity contribution in [2.45, 2.75) is 45.8 Å². The maximum absolute atomic E-state index is 13.4. The van der Waals surface area contributed by atoms with E-state index in [1.807, 2.05) is 81.9 Å². The van der Waals surface area contributed by atoms with Crippen molar-refractivity contribution in [3.63, 3.8) is 0 Å². The molecule has 2 heterocycles. The van der Waals surface area contributed by atoms with Gasteiger partial charge in [0.15, 0.2) is 0 Å². The van der Waals surface area contributed by atoms with Crippen LogP contribution in [0.15, 0.2) is 42.6 Å². The summed E-state index contributed by atoms with van der Waals surface area (Å²) in [6.07, 6.45) is 3.72. The fraction of sp³-hybridized carbons (Fsp3) is 0.391. The van der Waals surface area contributed by atoms with Gasteiger partial charge in [0.1, 0.15) is 11.8 Å². The van der Waals surface area contributed by atoms with Crippen molar-refractivity contribution in [1.29, 1.82) is 0 Å². The van der Waals surface area contributed by atoms with E-state index in [2.05, 4.69) is 5.32 Å². The number of carbonyl (C=O) groups is 2. The van der Waals surface area contributed by atoms with E-state index in [9.17, 15) is 9.59 Å². The molecule has 0 saturated carbocycles. The van der Waals surface area contributed by atoms with Crippen LogP contribution in [0.25, 0.3) is 5.57 Å². The third kappa shape index (κ3) is 4.06. The lowest BCUT2D eigenvalue weighted by atomic mass is 9.92. The maximum atomic E-state index is 13.4. The highest BCUT2D eigenvalue weighted by Gasteiger charge is 2.41. The van der Waals surface area contributed by atoms with Crippen molar-refractivity contribution in [2.75, 3.05) is 7.11 Å². The number of aromatic nitrogens is 1. The summed E-state index contributed by atoms with van der Waals surface area (Å²) in [6.45, 7) is 7.99. The molecule has 0 spiro atoms. The molecule has 1 atom stereocenters. The summed E-state index contributed by atoms with van der Waals surface area (Å²) < 4.78 is 7.13. The molecule has 1 aliphatic rings. The number of amides is 2. The van der Waals surface area contributed by atoms with E-state index in [1.165, 1.54) is 0 Å². The number of rotatable bonds is 4. The lowest BCUT2D eigenvalue weighted by molar-refractivity contribution is -0.139. The summed E-state index contributed by atoms with van der Waals surface area (Å²) >= 11 is 0. The molecular formula is C23H29N3O3. The number of fused-ring (bicyclic) bond motifs is 1. The third-order valence-corrected chi connectivity index (χ3v) is 5.00. The van der Waals surface area contributed by atoms with Crippen LogP contribution < -0.4 is 10.1 Å². The number of allylic oxidation sites excluding steroid dienone is 1. The molecule has 2 amide bonds. The van der Waals surface area contributed by atoms with Crippen LogP contribution >= 0.6 is 0 Å². The predicted octanol–water partition coefficient (Wildman–Crippen LogP) is 3.44. The Morgan fingerprint density at radius 3 is 2.41 bits per heavy atom. The molecule has 1 N–H and O–H groups in total. The standard InChI is InChI=1S/C23H29N3O3/c1-7-17-19-18(12-13-25(19)5)20(21(27)24-23(2,3)4)26(22(17)28)14-15-8-10-16(29-6)11-9-15/h7-13,20H,14H2,1-6H3,(H,24,27)/b17-7-. The Morgan fingerprint density at radius 2 is 1.86 bits per heavy atom. The normalized spacial score (nSPS) is 18.0. The number of ether oxygens (including phenoxy) is 1. The zero-order valence-electron chi connectivity index (χ0n) is 17.9. The maximum Gasteiger partial charge on any atom is 0.256 e. The van der Waals surface area contributed by atoms with Crippen LogP contribution in [-0.2, 0) is 23.2 Å². The Kier molecular flexibility index (Phi) is 5.55. The van der Waals surface area contributed by atoms with Gasteiger partial charge in [-0.1, -0.05) is 18.2 Å². The Balaban J connectivity index is 2.06. The van der Waals surface area contributed by atoms with Gasteiger partial charge in [-0.2, -0.15) is 0 Å². The van der Waals surface area contributed by atoms with Crippen molar-refractivity contribution in [3.05, 3.63) is 59.4 Å². The lowest BCUT2D eigenvalue weighted by Gasteiger charge is -2.38. The summed E-state index contributed by atoms with van der Waals surface area (Å²) in [5.41, 5.74) is 2.79. The monoisotopic (exact) mass is 395 g/mol. The fourth-order valence-electron chi connectivity index (χ4n) is 3.73. The molecule has 0 bridgehead atoms. The molecule has 1 aromatic carbocycles. The molecular weight excluding hydrogens is 366 g/mol. The molecule has 6 nitrogen and oxygen atoms in total. The fourth-order valence-corrected chi connectivity index (χ4v) is 3.73. The van der Waals surface area contributed by atoms with E-state index in [4.69, 9.17) is 4.74 Å². The first-order valence-corrected chi connectivity index (χ1v) is 9.74. The molecule has 6 heteroatoms. The first kappa shape index (κ1) is 20.7. The molecule has 0 fully saturated rings. The van der Waals surface area contributed by atoms with E-state index >= 15 is 0 Å². The van der Waals surface area contributed by atoms with Crippen LogP contribution in [0.5, 0.6) is 5.75 Å². The smallest absolute Gasteiger partial charge is 0.256 e. The third-order valence-electron chi connectivity index (χ3n) is 5.00. The summed E-state index contributed by atoms with van der Waals surface area (Å²) in [7, 11) is 3.51. The van der Waals surface area contributed by atoms with Gasteiger partial charge >= 0.3 is 0 Å². The van der Waals surface area contributed by atoms with Gasteiger partial charge in [-0.3, -0.25) is 9.59 Å². The largest absolute Gasteiger partial charge is 0.497 e. The van der Waals surface area contributed by atoms with Crippen molar-refractivity contribution in [2.24, 2.45) is 7.05 Å². The van der Waals surface area contributed by atoms with E-state index < -0.39 is 11.6 Å². The van der Waals surface area contributed by atoms with Gasteiger partial charge in [0, 0.05) is 30.9 Å². The zero-order chi connectivity index (χ0) is 21.3. The summed E-state index contributed by atoms with van der Waals surface area (Å²) in [5, 5.41) is 3.04. The molecule has 0 saturated heterocycles. The number of hydrogen-bond acceptors (Lipinski definition) is 3. The molecule has 1 aromatic heterocycles. The van der Waals surface area contributed by atoms with Crippen molar-refractivity contribution >= 4 is 17.4 Å². The predicted molar refractivity (Wildman–Crippen MR) is 113 cm³/mol. The first-order chi connectivity index (χ1) is 13.7. The van der Waals surface area contributed by atoms with Gasteiger partial charge < -0.3 is 19.5 Å². The van der Waals surface area contributed by atoms with Gasteiger partial charge in [0.25, 0.3) is 5.91 Å². The van der Waals surface area contributed by atoms with Crippen molar-refractivity contribution < 1.29 is 14.3 Å². The van der Waals surface area contributed by atoms with Crippen LogP contribution in [0.3, 0.4) is 0 Å². The number of hydrogen-bond donors (Lipinski definition) is 1. The Bertz CT molecular complexity index is 949. The number of nitrogens with zero attached hydrogens (tertiary/aromatic N) is 2. The molecule has 0 radical (unpaired) electrons. The minimum atomic E-state index is -0.691. The number of nitrogens with one attached hydrogen (secondary N) is 1. The Hall–Kier alpha value is -3.02. The number of carbonyl (C=O) groups excluding carboxylic acids is 2. The lowest BCUT2D eigenvalue weighted by Crippen LogP contribution is -2.51. The molecule has 1 unspecified atom stereocenters. The highest BCUT2D eigenvalue weighted by atomic mass is 16.5. The van der Waals surface area contributed by atoms with Gasteiger partial charge in [-0.15, -0.1) is 0 Å². The van der Waals surface area contributed by atoms with Crippen LogP contribution in [0.1, 0.15) is 50.6 Å². The summed E-state index contributed by atoms with van der Waals surface area (Å²) in [5.74, 6) is 0.425. The van der Waals surface area contributed by atoms with Gasteiger partial charge in [0.2, 0.25) is 5.91 Å². The average molecular weight is 396 g/mol. The van der Waals surface area contributed by atoms with Crippen LogP contribution in [-0.4, -0.2) is 33.9 Å².